The number of hydrogen-bond donors (Lipinski definition) is 1. The van der Waals surface area contributed by atoms with Gasteiger partial charge in [0.1, 0.15) is 5.82 Å². The Hall–Kier alpha value is -2.57. The molecule has 3 aliphatic heterocycles. The predicted molar refractivity (Wildman–Crippen MR) is 99.4 cm³/mol. The number of anilines is 2. The molecule has 0 saturated carbocycles. The van der Waals surface area contributed by atoms with E-state index in [0.29, 0.717) is 12.0 Å². The van der Waals surface area contributed by atoms with Gasteiger partial charge in [-0.3, -0.25) is 5.32 Å². The lowest BCUT2D eigenvalue weighted by atomic mass is 10.1. The van der Waals surface area contributed by atoms with Gasteiger partial charge in [-0.15, -0.1) is 5.10 Å². The van der Waals surface area contributed by atoms with Gasteiger partial charge in [-0.1, -0.05) is 18.2 Å². The first kappa shape index (κ1) is 15.7. The van der Waals surface area contributed by atoms with E-state index in [-0.39, 0.29) is 6.03 Å². The maximum Gasteiger partial charge on any atom is 0.324 e. The number of hydrogen-bond acceptors (Lipinski definition) is 4. The minimum Gasteiger partial charge on any atom is -0.366 e. The maximum absolute atomic E-state index is 12.8. The lowest BCUT2D eigenvalue weighted by Crippen LogP contribution is -2.43. The molecule has 0 bridgehead atoms. The first-order valence-electron chi connectivity index (χ1n) is 9.62. The van der Waals surface area contributed by atoms with E-state index in [4.69, 9.17) is 0 Å². The summed E-state index contributed by atoms with van der Waals surface area (Å²) in [4.78, 5) is 21.7. The van der Waals surface area contributed by atoms with Crippen LogP contribution in [0, 0.1) is 0 Å². The molecule has 0 unspecified atom stereocenters. The third-order valence-electron chi connectivity index (χ3n) is 5.73. The van der Waals surface area contributed by atoms with Crippen molar-refractivity contribution in [2.45, 2.75) is 44.7 Å². The summed E-state index contributed by atoms with van der Waals surface area (Å²) in [6.45, 7) is 3.42. The van der Waals surface area contributed by atoms with Gasteiger partial charge in [0, 0.05) is 38.3 Å². The number of aromatic nitrogens is 3. The molecule has 1 N–H and O–H groups in total. The molecule has 7 nitrogen and oxygen atoms in total. The van der Waals surface area contributed by atoms with Gasteiger partial charge in [-0.2, -0.15) is 4.98 Å². The number of rotatable bonds is 1. The molecule has 26 heavy (non-hydrogen) atoms. The Morgan fingerprint density at radius 1 is 1.12 bits per heavy atom. The van der Waals surface area contributed by atoms with E-state index in [1.54, 1.807) is 0 Å². The van der Waals surface area contributed by atoms with Crippen LogP contribution in [0.15, 0.2) is 24.3 Å². The lowest BCUT2D eigenvalue weighted by molar-refractivity contribution is 0.211. The monoisotopic (exact) mass is 352 g/mol. The van der Waals surface area contributed by atoms with Crippen LogP contribution in [0.2, 0.25) is 0 Å². The standard InChI is InChI=1S/C19H24N6O/c26-19(21-18-20-17-8-3-4-11-25(17)22-18)23-9-5-10-24-15(13-23)12-14-6-1-2-7-16(14)24/h1-2,6-7,15H,3-5,8-13H2,(H,21,22,26)/t15-/m0/s1. The Bertz CT molecular complexity index is 808. The van der Waals surface area contributed by atoms with Crippen LogP contribution < -0.4 is 10.2 Å². The molecule has 2 aromatic rings. The fourth-order valence-corrected chi connectivity index (χ4v) is 4.46. The Labute approximate surface area is 153 Å². The third-order valence-corrected chi connectivity index (χ3v) is 5.73. The van der Waals surface area contributed by atoms with Gasteiger partial charge in [-0.05, 0) is 37.3 Å². The summed E-state index contributed by atoms with van der Waals surface area (Å²) < 4.78 is 1.93. The zero-order valence-electron chi connectivity index (χ0n) is 14.9. The summed E-state index contributed by atoms with van der Waals surface area (Å²) in [7, 11) is 0. The van der Waals surface area contributed by atoms with E-state index in [1.807, 2.05) is 9.58 Å². The van der Waals surface area contributed by atoms with E-state index in [2.05, 4.69) is 44.6 Å². The van der Waals surface area contributed by atoms with Crippen molar-refractivity contribution in [3.63, 3.8) is 0 Å². The Balaban J connectivity index is 1.29. The number of nitrogens with zero attached hydrogens (tertiary/aromatic N) is 5. The highest BCUT2D eigenvalue weighted by molar-refractivity contribution is 5.87. The fraction of sp³-hybridized carbons (Fsp3) is 0.526. The average molecular weight is 352 g/mol. The average Bonchev–Trinajstić information content (AvgIpc) is 3.14. The summed E-state index contributed by atoms with van der Waals surface area (Å²) >= 11 is 0. The molecule has 0 spiro atoms. The summed E-state index contributed by atoms with van der Waals surface area (Å²) in [6, 6.07) is 8.89. The van der Waals surface area contributed by atoms with Crippen molar-refractivity contribution in [2.24, 2.45) is 0 Å². The molecule has 7 heteroatoms. The second-order valence-corrected chi connectivity index (χ2v) is 7.44. The van der Waals surface area contributed by atoms with Crippen molar-refractivity contribution in [2.75, 3.05) is 29.9 Å². The smallest absolute Gasteiger partial charge is 0.324 e. The van der Waals surface area contributed by atoms with Gasteiger partial charge in [0.15, 0.2) is 0 Å². The van der Waals surface area contributed by atoms with Crippen LogP contribution in [-0.2, 0) is 19.4 Å². The van der Waals surface area contributed by atoms with Crippen LogP contribution in [0.5, 0.6) is 0 Å². The fourth-order valence-electron chi connectivity index (χ4n) is 4.46. The van der Waals surface area contributed by atoms with E-state index in [9.17, 15) is 4.79 Å². The van der Waals surface area contributed by atoms with Crippen molar-refractivity contribution < 1.29 is 4.79 Å². The van der Waals surface area contributed by atoms with E-state index >= 15 is 0 Å². The number of fused-ring (bicyclic) bond motifs is 4. The van der Waals surface area contributed by atoms with Crippen molar-refractivity contribution in [3.8, 4) is 0 Å². The van der Waals surface area contributed by atoms with Crippen molar-refractivity contribution in [1.82, 2.24) is 19.7 Å². The van der Waals surface area contributed by atoms with E-state index in [1.165, 1.54) is 11.3 Å². The first-order chi connectivity index (χ1) is 12.8. The van der Waals surface area contributed by atoms with Gasteiger partial charge < -0.3 is 9.80 Å². The quantitative estimate of drug-likeness (QED) is 0.855. The largest absolute Gasteiger partial charge is 0.366 e. The third kappa shape index (κ3) is 2.71. The minimum absolute atomic E-state index is 0.0780. The predicted octanol–water partition coefficient (Wildman–Crippen LogP) is 2.28. The molecular formula is C19H24N6O. The van der Waals surface area contributed by atoms with Gasteiger partial charge in [0.05, 0.1) is 6.04 Å². The second kappa shape index (κ2) is 6.30. The van der Waals surface area contributed by atoms with Gasteiger partial charge in [0.2, 0.25) is 5.95 Å². The Morgan fingerprint density at radius 3 is 2.96 bits per heavy atom. The Morgan fingerprint density at radius 2 is 2.04 bits per heavy atom. The number of amides is 2. The zero-order valence-corrected chi connectivity index (χ0v) is 14.9. The van der Waals surface area contributed by atoms with Crippen LogP contribution in [0.4, 0.5) is 16.4 Å². The summed E-state index contributed by atoms with van der Waals surface area (Å²) in [5.41, 5.74) is 2.73. The summed E-state index contributed by atoms with van der Waals surface area (Å²) in [5.74, 6) is 1.43. The molecule has 1 aromatic carbocycles. The van der Waals surface area contributed by atoms with Crippen LogP contribution in [0.3, 0.4) is 0 Å². The molecule has 3 aliphatic rings. The molecule has 1 aromatic heterocycles. The normalized spacial score (nSPS) is 21.6. The SMILES string of the molecule is O=C(Nc1nc2n(n1)CCCC2)N1CCCN2c3ccccc3C[C@H]2C1. The van der Waals surface area contributed by atoms with Crippen LogP contribution in [-0.4, -0.2) is 51.4 Å². The molecule has 1 fully saturated rings. The summed E-state index contributed by atoms with van der Waals surface area (Å²) in [6.07, 6.45) is 5.22. The number of benzene rings is 1. The molecule has 1 atom stereocenters. The van der Waals surface area contributed by atoms with Gasteiger partial charge in [-0.25, -0.2) is 9.48 Å². The lowest BCUT2D eigenvalue weighted by Gasteiger charge is -2.27. The highest BCUT2D eigenvalue weighted by Crippen LogP contribution is 2.33. The van der Waals surface area contributed by atoms with Crippen LogP contribution in [0.25, 0.3) is 0 Å². The topological polar surface area (TPSA) is 66.3 Å². The highest BCUT2D eigenvalue weighted by Gasteiger charge is 2.33. The number of carbonyl (C=O) groups is 1. The van der Waals surface area contributed by atoms with E-state index < -0.39 is 0 Å². The maximum atomic E-state index is 12.8. The molecule has 1 saturated heterocycles. The number of para-hydroxylation sites is 1. The van der Waals surface area contributed by atoms with Crippen molar-refractivity contribution in [1.29, 1.82) is 0 Å². The molecular weight excluding hydrogens is 328 g/mol. The van der Waals surface area contributed by atoms with Crippen LogP contribution >= 0.6 is 0 Å². The number of nitrogens with one attached hydrogen (secondary N) is 1. The molecule has 0 radical (unpaired) electrons. The van der Waals surface area contributed by atoms with Crippen LogP contribution in [0.1, 0.15) is 30.7 Å². The molecule has 4 heterocycles. The molecule has 136 valence electrons. The zero-order chi connectivity index (χ0) is 17.5. The molecule has 2 amide bonds. The van der Waals surface area contributed by atoms with E-state index in [0.717, 1.165) is 64.1 Å². The number of urea groups is 1. The second-order valence-electron chi connectivity index (χ2n) is 7.44. The minimum atomic E-state index is -0.0780. The van der Waals surface area contributed by atoms with Crippen molar-refractivity contribution >= 4 is 17.7 Å². The van der Waals surface area contributed by atoms with Gasteiger partial charge >= 0.3 is 6.03 Å². The number of carbonyl (C=O) groups excluding carboxylic acids is 1. The summed E-state index contributed by atoms with van der Waals surface area (Å²) in [5, 5.41) is 7.37. The Kier molecular flexibility index (Phi) is 3.80. The number of aryl methyl sites for hydroxylation is 2. The van der Waals surface area contributed by atoms with Crippen molar-refractivity contribution in [3.05, 3.63) is 35.7 Å². The molecule has 5 rings (SSSR count). The molecule has 0 aliphatic carbocycles. The first-order valence-corrected chi connectivity index (χ1v) is 9.62. The highest BCUT2D eigenvalue weighted by atomic mass is 16.2. The van der Waals surface area contributed by atoms with Gasteiger partial charge in [0.25, 0.3) is 0 Å².